The Balaban J connectivity index is 2.04. The summed E-state index contributed by atoms with van der Waals surface area (Å²) in [6.07, 6.45) is 1.63. The molecule has 3 aromatic rings. The summed E-state index contributed by atoms with van der Waals surface area (Å²) in [4.78, 5) is 13.9. The number of carbonyl (C=O) groups excluding carboxylic acids is 1. The molecular weight excluding hydrogens is 382 g/mol. The Labute approximate surface area is 186 Å². The molecule has 0 saturated carbocycles. The van der Waals surface area contributed by atoms with Gasteiger partial charge in [-0.2, -0.15) is 0 Å². The molecule has 0 aliphatic rings. The molecule has 1 atom stereocenters. The molecule has 0 aromatic heterocycles. The Morgan fingerprint density at radius 2 is 1.32 bits per heavy atom. The number of nitrogens with zero attached hydrogens (tertiary/aromatic N) is 1. The highest BCUT2D eigenvalue weighted by Gasteiger charge is 2.17. The lowest BCUT2D eigenvalue weighted by molar-refractivity contribution is -0.143. The Kier molecular flexibility index (Phi) is 6.96. The van der Waals surface area contributed by atoms with Gasteiger partial charge in [0.25, 0.3) is 0 Å². The summed E-state index contributed by atoms with van der Waals surface area (Å²) in [6, 6.07) is 21.3. The van der Waals surface area contributed by atoms with E-state index in [1.165, 1.54) is 28.3 Å². The van der Waals surface area contributed by atoms with Gasteiger partial charge in [-0.25, -0.2) is 4.79 Å². The zero-order valence-electron chi connectivity index (χ0n) is 19.1. The van der Waals surface area contributed by atoms with Crippen molar-refractivity contribution in [1.29, 1.82) is 0 Å². The second-order valence-electron chi connectivity index (χ2n) is 8.00. The van der Waals surface area contributed by atoms with Crippen LogP contribution in [0.5, 0.6) is 0 Å². The van der Waals surface area contributed by atoms with Crippen molar-refractivity contribution in [3.05, 3.63) is 101 Å². The van der Waals surface area contributed by atoms with Crippen molar-refractivity contribution in [3.63, 3.8) is 0 Å². The number of ether oxygens (including phenoxy) is 1. The van der Waals surface area contributed by atoms with Gasteiger partial charge < -0.3 is 9.64 Å². The van der Waals surface area contributed by atoms with Crippen molar-refractivity contribution in [2.24, 2.45) is 0 Å². The fourth-order valence-corrected chi connectivity index (χ4v) is 3.59. The van der Waals surface area contributed by atoms with Crippen molar-refractivity contribution < 1.29 is 9.53 Å². The van der Waals surface area contributed by atoms with E-state index in [1.54, 1.807) is 0 Å². The first-order valence-electron chi connectivity index (χ1n) is 10.7. The van der Waals surface area contributed by atoms with Crippen LogP contribution < -0.4 is 4.90 Å². The molecule has 0 aliphatic heterocycles. The van der Waals surface area contributed by atoms with Crippen molar-refractivity contribution in [2.45, 2.75) is 47.1 Å². The lowest BCUT2D eigenvalue weighted by atomic mass is 10.0. The normalized spacial score (nSPS) is 11.6. The molecule has 160 valence electrons. The minimum absolute atomic E-state index is 0.281. The summed E-state index contributed by atoms with van der Waals surface area (Å²) in [6.45, 7) is 14.0. The highest BCUT2D eigenvalue weighted by molar-refractivity contribution is 5.81. The Morgan fingerprint density at radius 3 is 1.74 bits per heavy atom. The number of esters is 1. The lowest BCUT2D eigenvalue weighted by Gasteiger charge is -2.27. The number of benzene rings is 3. The van der Waals surface area contributed by atoms with Gasteiger partial charge in [-0.05, 0) is 98.3 Å². The number of hydrogen-bond donors (Lipinski definition) is 0. The van der Waals surface area contributed by atoms with Crippen LogP contribution in [0.4, 0.5) is 17.1 Å². The molecule has 0 heterocycles. The molecule has 1 unspecified atom stereocenters. The molecule has 0 amide bonds. The number of carbonyl (C=O) groups is 1. The van der Waals surface area contributed by atoms with Gasteiger partial charge in [0.2, 0.25) is 0 Å². The third-order valence-electron chi connectivity index (χ3n) is 5.82. The molecule has 3 aromatic carbocycles. The van der Waals surface area contributed by atoms with E-state index >= 15 is 0 Å². The summed E-state index contributed by atoms with van der Waals surface area (Å²) in [7, 11) is 0. The summed E-state index contributed by atoms with van der Waals surface area (Å²) in [5.41, 5.74) is 9.31. The van der Waals surface area contributed by atoms with Crippen LogP contribution >= 0.6 is 0 Å². The molecular formula is C28H31NO2. The highest BCUT2D eigenvalue weighted by atomic mass is 16.5. The van der Waals surface area contributed by atoms with Gasteiger partial charge in [0.15, 0.2) is 0 Å². The zero-order chi connectivity index (χ0) is 22.5. The molecule has 0 spiro atoms. The maximum absolute atomic E-state index is 11.7. The minimum atomic E-state index is -0.400. The number of aryl methyl sites for hydroxylation is 4. The maximum atomic E-state index is 11.7. The number of anilines is 3. The summed E-state index contributed by atoms with van der Waals surface area (Å²) >= 11 is 0. The van der Waals surface area contributed by atoms with Gasteiger partial charge in [-0.1, -0.05) is 37.8 Å². The largest absolute Gasteiger partial charge is 0.454 e. The Bertz CT molecular complexity index is 1030. The van der Waals surface area contributed by atoms with E-state index in [9.17, 15) is 4.79 Å². The van der Waals surface area contributed by atoms with Crippen molar-refractivity contribution in [3.8, 4) is 0 Å². The quantitative estimate of drug-likeness (QED) is 0.295. The molecule has 0 N–H and O–H groups in total. The van der Waals surface area contributed by atoms with Gasteiger partial charge in [0.1, 0.15) is 6.10 Å². The first-order chi connectivity index (χ1) is 14.8. The minimum Gasteiger partial charge on any atom is -0.454 e. The molecule has 3 rings (SSSR count). The van der Waals surface area contributed by atoms with Crippen molar-refractivity contribution in [1.82, 2.24) is 0 Å². The molecule has 0 saturated heterocycles. The van der Waals surface area contributed by atoms with Crippen LogP contribution in [0.1, 0.15) is 47.3 Å². The smallest absolute Gasteiger partial charge is 0.330 e. The predicted molar refractivity (Wildman–Crippen MR) is 129 cm³/mol. The summed E-state index contributed by atoms with van der Waals surface area (Å²) in [5.74, 6) is -0.400. The SMILES string of the molecule is C=CC(=O)OC(CC)c1ccc(N(c2ccc(C)c(C)c2)c2ccc(C)c(C)c2)cc1. The summed E-state index contributed by atoms with van der Waals surface area (Å²) < 4.78 is 5.49. The van der Waals surface area contributed by atoms with Crippen LogP contribution in [-0.4, -0.2) is 5.97 Å². The molecule has 31 heavy (non-hydrogen) atoms. The third kappa shape index (κ3) is 5.05. The third-order valence-corrected chi connectivity index (χ3v) is 5.82. The molecule has 0 aliphatic carbocycles. The van der Waals surface area contributed by atoms with Crippen molar-refractivity contribution >= 4 is 23.0 Å². The van der Waals surface area contributed by atoms with Crippen LogP contribution in [-0.2, 0) is 9.53 Å². The maximum Gasteiger partial charge on any atom is 0.330 e. The fraction of sp³-hybridized carbons (Fsp3) is 0.250. The van der Waals surface area contributed by atoms with Crippen LogP contribution in [0.3, 0.4) is 0 Å². The Hall–Kier alpha value is -3.33. The second kappa shape index (κ2) is 9.65. The zero-order valence-corrected chi connectivity index (χ0v) is 19.1. The van der Waals surface area contributed by atoms with Crippen LogP contribution in [0.2, 0.25) is 0 Å². The average molecular weight is 414 g/mol. The van der Waals surface area contributed by atoms with Gasteiger partial charge in [-0.15, -0.1) is 0 Å². The highest BCUT2D eigenvalue weighted by Crippen LogP contribution is 2.37. The first kappa shape index (κ1) is 22.4. The van der Waals surface area contributed by atoms with Gasteiger partial charge in [0, 0.05) is 23.1 Å². The first-order valence-corrected chi connectivity index (χ1v) is 10.7. The summed E-state index contributed by atoms with van der Waals surface area (Å²) in [5, 5.41) is 0. The van der Waals surface area contributed by atoms with Crippen LogP contribution in [0.25, 0.3) is 0 Å². The van der Waals surface area contributed by atoms with Gasteiger partial charge in [-0.3, -0.25) is 0 Å². The number of hydrogen-bond acceptors (Lipinski definition) is 3. The van der Waals surface area contributed by atoms with Gasteiger partial charge >= 0.3 is 5.97 Å². The predicted octanol–water partition coefficient (Wildman–Crippen LogP) is 7.57. The van der Waals surface area contributed by atoms with Crippen molar-refractivity contribution in [2.75, 3.05) is 4.90 Å². The standard InChI is InChI=1S/C28H31NO2/c1-7-27(31-28(30)8-2)23-11-15-24(16-12-23)29(25-13-9-19(3)21(5)17-25)26-14-10-20(4)22(6)18-26/h8-18,27H,2,7H2,1,3-6H3. The van der Waals surface area contributed by atoms with E-state index in [4.69, 9.17) is 4.74 Å². The molecule has 0 fully saturated rings. The van der Waals surface area contributed by atoms with E-state index in [1.807, 2.05) is 19.1 Å². The fourth-order valence-electron chi connectivity index (χ4n) is 3.59. The molecule has 0 bridgehead atoms. The molecule has 3 nitrogen and oxygen atoms in total. The topological polar surface area (TPSA) is 29.5 Å². The second-order valence-corrected chi connectivity index (χ2v) is 8.00. The monoisotopic (exact) mass is 413 g/mol. The van der Waals surface area contributed by atoms with Crippen LogP contribution in [0.15, 0.2) is 73.3 Å². The van der Waals surface area contributed by atoms with Crippen LogP contribution in [0, 0.1) is 27.7 Å². The van der Waals surface area contributed by atoms with Gasteiger partial charge in [0.05, 0.1) is 0 Å². The average Bonchev–Trinajstić information content (AvgIpc) is 2.77. The van der Waals surface area contributed by atoms with E-state index in [2.05, 4.69) is 87.7 Å². The van der Waals surface area contributed by atoms with E-state index < -0.39 is 5.97 Å². The van der Waals surface area contributed by atoms with E-state index in [-0.39, 0.29) is 6.10 Å². The number of rotatable bonds is 7. The molecule has 3 heteroatoms. The lowest BCUT2D eigenvalue weighted by Crippen LogP contribution is -2.12. The van der Waals surface area contributed by atoms with E-state index in [0.717, 1.165) is 22.6 Å². The Morgan fingerprint density at radius 1 is 0.839 bits per heavy atom. The molecule has 0 radical (unpaired) electrons. The van der Waals surface area contributed by atoms with E-state index in [0.29, 0.717) is 6.42 Å².